The van der Waals surface area contributed by atoms with Gasteiger partial charge in [0.2, 0.25) is 0 Å². The molecular formula is C13H26N2O3. The van der Waals surface area contributed by atoms with Crippen LogP contribution in [0, 0.1) is 0 Å². The van der Waals surface area contributed by atoms with E-state index in [1.807, 2.05) is 27.7 Å². The molecule has 1 aliphatic rings. The van der Waals surface area contributed by atoms with Crippen molar-refractivity contribution in [2.45, 2.75) is 64.2 Å². The van der Waals surface area contributed by atoms with Crippen molar-refractivity contribution in [2.24, 2.45) is 5.73 Å². The van der Waals surface area contributed by atoms with Crippen LogP contribution in [0.5, 0.6) is 0 Å². The van der Waals surface area contributed by atoms with Crippen molar-refractivity contribution in [2.75, 3.05) is 13.1 Å². The highest BCUT2D eigenvalue weighted by atomic mass is 16.6. The van der Waals surface area contributed by atoms with E-state index in [2.05, 4.69) is 0 Å². The lowest BCUT2D eigenvalue weighted by atomic mass is 9.89. The van der Waals surface area contributed by atoms with Gasteiger partial charge in [-0.25, -0.2) is 4.79 Å². The van der Waals surface area contributed by atoms with Crippen LogP contribution in [0.25, 0.3) is 0 Å². The van der Waals surface area contributed by atoms with Crippen LogP contribution in [0.1, 0.15) is 47.0 Å². The van der Waals surface area contributed by atoms with Crippen LogP contribution in [-0.2, 0) is 4.74 Å². The number of rotatable bonds is 3. The number of likely N-dealkylation sites (tertiary alicyclic amines) is 1. The maximum absolute atomic E-state index is 12.1. The Kier molecular flexibility index (Phi) is 4.61. The third-order valence-electron chi connectivity index (χ3n) is 3.47. The Morgan fingerprint density at radius 2 is 2.11 bits per heavy atom. The molecule has 0 aromatic rings. The number of nitrogens with zero attached hydrogens (tertiary/aromatic N) is 1. The highest BCUT2D eigenvalue weighted by molar-refractivity contribution is 5.69. The second-order valence-electron chi connectivity index (χ2n) is 5.99. The molecule has 1 aliphatic heterocycles. The number of carbonyl (C=O) groups excluding carboxylic acids is 1. The van der Waals surface area contributed by atoms with E-state index in [0.29, 0.717) is 13.0 Å². The van der Waals surface area contributed by atoms with E-state index in [1.165, 1.54) is 0 Å². The molecule has 0 aromatic carbocycles. The van der Waals surface area contributed by atoms with E-state index in [1.54, 1.807) is 4.90 Å². The van der Waals surface area contributed by atoms with Gasteiger partial charge in [-0.1, -0.05) is 6.92 Å². The van der Waals surface area contributed by atoms with E-state index in [-0.39, 0.29) is 18.7 Å². The second kappa shape index (κ2) is 5.45. The summed E-state index contributed by atoms with van der Waals surface area (Å²) in [6, 6.07) is -0.234. The van der Waals surface area contributed by atoms with Gasteiger partial charge in [0, 0.05) is 13.1 Å². The van der Waals surface area contributed by atoms with Crippen LogP contribution in [-0.4, -0.2) is 46.4 Å². The molecule has 5 heteroatoms. The minimum absolute atomic E-state index is 0.160. The lowest BCUT2D eigenvalue weighted by Crippen LogP contribution is -2.56. The zero-order valence-corrected chi connectivity index (χ0v) is 11.9. The molecule has 1 saturated heterocycles. The molecule has 2 unspecified atom stereocenters. The number of nitrogens with two attached hydrogens (primary N) is 1. The quantitative estimate of drug-likeness (QED) is 0.804. The highest BCUT2D eigenvalue weighted by Crippen LogP contribution is 2.30. The predicted molar refractivity (Wildman–Crippen MR) is 70.3 cm³/mol. The number of aliphatic hydroxyl groups is 1. The summed E-state index contributed by atoms with van der Waals surface area (Å²) in [5, 5.41) is 10.5. The van der Waals surface area contributed by atoms with Gasteiger partial charge in [-0.15, -0.1) is 0 Å². The molecule has 5 nitrogen and oxygen atoms in total. The van der Waals surface area contributed by atoms with Crippen molar-refractivity contribution in [3.05, 3.63) is 0 Å². The molecule has 0 aliphatic carbocycles. The molecule has 0 spiro atoms. The van der Waals surface area contributed by atoms with Crippen LogP contribution in [0.2, 0.25) is 0 Å². The maximum Gasteiger partial charge on any atom is 0.410 e. The fraction of sp³-hybridized carbons (Fsp3) is 0.923. The average Bonchev–Trinajstić information content (AvgIpc) is 2.75. The van der Waals surface area contributed by atoms with Crippen LogP contribution >= 0.6 is 0 Å². The molecule has 0 saturated carbocycles. The van der Waals surface area contributed by atoms with Gasteiger partial charge in [0.05, 0.1) is 11.6 Å². The SMILES string of the molecule is CCC(O)(CN)C1CCCN1C(=O)OC(C)(C)C. The minimum atomic E-state index is -1.01. The molecule has 1 fully saturated rings. The van der Waals surface area contributed by atoms with E-state index >= 15 is 0 Å². The van der Waals surface area contributed by atoms with Gasteiger partial charge in [-0.2, -0.15) is 0 Å². The molecule has 2 atom stereocenters. The normalized spacial score (nSPS) is 23.9. The lowest BCUT2D eigenvalue weighted by Gasteiger charge is -2.38. The van der Waals surface area contributed by atoms with E-state index in [4.69, 9.17) is 10.5 Å². The van der Waals surface area contributed by atoms with Crippen molar-refractivity contribution in [1.82, 2.24) is 4.90 Å². The first kappa shape index (κ1) is 15.2. The molecule has 0 aromatic heterocycles. The van der Waals surface area contributed by atoms with Crippen LogP contribution in [0.4, 0.5) is 4.79 Å². The monoisotopic (exact) mass is 258 g/mol. The fourth-order valence-electron chi connectivity index (χ4n) is 2.38. The molecule has 1 amide bonds. The smallest absolute Gasteiger partial charge is 0.410 e. The second-order valence-corrected chi connectivity index (χ2v) is 5.99. The topological polar surface area (TPSA) is 75.8 Å². The van der Waals surface area contributed by atoms with Crippen molar-refractivity contribution in [1.29, 1.82) is 0 Å². The molecule has 18 heavy (non-hydrogen) atoms. The summed E-state index contributed by atoms with van der Waals surface area (Å²) in [5.41, 5.74) is 4.14. The molecule has 3 N–H and O–H groups in total. The highest BCUT2D eigenvalue weighted by Gasteiger charge is 2.43. The molecule has 1 rings (SSSR count). The van der Waals surface area contributed by atoms with Gasteiger partial charge in [0.25, 0.3) is 0 Å². The van der Waals surface area contributed by atoms with E-state index in [0.717, 1.165) is 12.8 Å². The van der Waals surface area contributed by atoms with Crippen molar-refractivity contribution < 1.29 is 14.6 Å². The first-order valence-electron chi connectivity index (χ1n) is 6.65. The number of amides is 1. The number of hydrogen-bond donors (Lipinski definition) is 2. The number of ether oxygens (including phenoxy) is 1. The van der Waals surface area contributed by atoms with Gasteiger partial charge < -0.3 is 20.5 Å². The third kappa shape index (κ3) is 3.36. The molecule has 0 bridgehead atoms. The zero-order valence-electron chi connectivity index (χ0n) is 11.9. The summed E-state index contributed by atoms with van der Waals surface area (Å²) in [6.07, 6.45) is 1.84. The summed E-state index contributed by atoms with van der Waals surface area (Å²) >= 11 is 0. The standard InChI is InChI=1S/C13H26N2O3/c1-5-13(17,9-14)10-7-6-8-15(10)11(16)18-12(2,3)4/h10,17H,5-9,14H2,1-4H3. The lowest BCUT2D eigenvalue weighted by molar-refractivity contribution is -0.0408. The van der Waals surface area contributed by atoms with Crippen molar-refractivity contribution >= 4 is 6.09 Å². The Morgan fingerprint density at radius 3 is 2.56 bits per heavy atom. The minimum Gasteiger partial charge on any atom is -0.444 e. The van der Waals surface area contributed by atoms with Crippen molar-refractivity contribution in [3.63, 3.8) is 0 Å². The number of carbonyl (C=O) groups is 1. The predicted octanol–water partition coefficient (Wildman–Crippen LogP) is 1.49. The Balaban J connectivity index is 2.79. The van der Waals surface area contributed by atoms with Gasteiger partial charge in [0.15, 0.2) is 0 Å². The summed E-state index contributed by atoms with van der Waals surface area (Å²) in [4.78, 5) is 13.7. The Hall–Kier alpha value is -0.810. The first-order chi connectivity index (χ1) is 8.23. The third-order valence-corrected chi connectivity index (χ3v) is 3.47. The summed E-state index contributed by atoms with van der Waals surface area (Å²) in [6.45, 7) is 8.19. The molecular weight excluding hydrogens is 232 g/mol. The van der Waals surface area contributed by atoms with E-state index < -0.39 is 11.2 Å². The molecule has 106 valence electrons. The number of hydrogen-bond acceptors (Lipinski definition) is 4. The Bertz CT molecular complexity index is 295. The Morgan fingerprint density at radius 1 is 1.50 bits per heavy atom. The largest absolute Gasteiger partial charge is 0.444 e. The van der Waals surface area contributed by atoms with Gasteiger partial charge in [-0.3, -0.25) is 0 Å². The summed E-state index contributed by atoms with van der Waals surface area (Å²) < 4.78 is 5.37. The van der Waals surface area contributed by atoms with Gasteiger partial charge in [-0.05, 0) is 40.0 Å². The molecule has 1 heterocycles. The van der Waals surface area contributed by atoms with E-state index in [9.17, 15) is 9.90 Å². The fourth-order valence-corrected chi connectivity index (χ4v) is 2.38. The van der Waals surface area contributed by atoms with Crippen LogP contribution < -0.4 is 5.73 Å². The van der Waals surface area contributed by atoms with Gasteiger partial charge >= 0.3 is 6.09 Å². The zero-order chi connectivity index (χ0) is 14.0. The Labute approximate surface area is 109 Å². The van der Waals surface area contributed by atoms with Crippen molar-refractivity contribution in [3.8, 4) is 0 Å². The maximum atomic E-state index is 12.1. The van der Waals surface area contributed by atoms with Crippen LogP contribution in [0.15, 0.2) is 0 Å². The summed E-state index contributed by atoms with van der Waals surface area (Å²) in [7, 11) is 0. The molecule has 0 radical (unpaired) electrons. The van der Waals surface area contributed by atoms with Gasteiger partial charge in [0.1, 0.15) is 5.60 Å². The summed E-state index contributed by atoms with van der Waals surface area (Å²) in [5.74, 6) is 0. The van der Waals surface area contributed by atoms with Crippen LogP contribution in [0.3, 0.4) is 0 Å². The first-order valence-corrected chi connectivity index (χ1v) is 6.65. The average molecular weight is 258 g/mol.